The van der Waals surface area contributed by atoms with Gasteiger partial charge >= 0.3 is 0 Å². The monoisotopic (exact) mass is 438 g/mol. The van der Waals surface area contributed by atoms with Gasteiger partial charge in [0.05, 0.1) is 17.8 Å². The molecular formula is C21H18N4O5S. The Kier molecular flexibility index (Phi) is 5.38. The number of Topliss-reactive ketones (excluding diaryl/α,β-unsaturated/α-hetero) is 1. The molecule has 4 rings (SSSR count). The number of hydrogen-bond donors (Lipinski definition) is 2. The number of hydrogen-bond acceptors (Lipinski definition) is 7. The summed E-state index contributed by atoms with van der Waals surface area (Å²) in [4.78, 5) is 32.4. The van der Waals surface area contributed by atoms with Crippen LogP contribution in [0.25, 0.3) is 0 Å². The molecule has 1 aromatic heterocycles. The minimum atomic E-state index is -4.05. The predicted molar refractivity (Wildman–Crippen MR) is 112 cm³/mol. The first-order chi connectivity index (χ1) is 14.8. The van der Waals surface area contributed by atoms with Crippen molar-refractivity contribution in [1.82, 2.24) is 15.0 Å². The van der Waals surface area contributed by atoms with Gasteiger partial charge in [0.25, 0.3) is 15.9 Å². The molecule has 2 aromatic carbocycles. The van der Waals surface area contributed by atoms with Gasteiger partial charge in [-0.3, -0.25) is 14.3 Å². The largest absolute Gasteiger partial charge is 0.448 e. The molecule has 0 aliphatic carbocycles. The number of rotatable bonds is 6. The van der Waals surface area contributed by atoms with Crippen molar-refractivity contribution in [2.45, 2.75) is 17.7 Å². The van der Waals surface area contributed by atoms with Crippen LogP contribution in [0.3, 0.4) is 0 Å². The molecule has 0 saturated heterocycles. The highest BCUT2D eigenvalue weighted by Gasteiger charge is 2.30. The average molecular weight is 438 g/mol. The van der Waals surface area contributed by atoms with Crippen molar-refractivity contribution in [3.05, 3.63) is 78.0 Å². The van der Waals surface area contributed by atoms with E-state index in [0.29, 0.717) is 5.89 Å². The maximum absolute atomic E-state index is 12.7. The van der Waals surface area contributed by atoms with Gasteiger partial charge in [0.1, 0.15) is 11.2 Å². The van der Waals surface area contributed by atoms with Crippen molar-refractivity contribution in [3.8, 4) is 0 Å². The number of aromatic nitrogens is 1. The van der Waals surface area contributed by atoms with Crippen LogP contribution in [0.2, 0.25) is 0 Å². The van der Waals surface area contributed by atoms with Crippen LogP contribution in [0.1, 0.15) is 34.7 Å². The summed E-state index contributed by atoms with van der Waals surface area (Å²) >= 11 is 0. The van der Waals surface area contributed by atoms with E-state index in [1.165, 1.54) is 37.6 Å². The van der Waals surface area contributed by atoms with Crippen molar-refractivity contribution >= 4 is 33.2 Å². The van der Waals surface area contributed by atoms with E-state index in [1.807, 2.05) is 30.3 Å². The van der Waals surface area contributed by atoms with Crippen LogP contribution in [0.15, 0.2) is 75.3 Å². The molecule has 10 heteroatoms. The lowest BCUT2D eigenvalue weighted by Crippen LogP contribution is -2.45. The van der Waals surface area contributed by atoms with Crippen LogP contribution in [0.5, 0.6) is 0 Å². The SMILES string of the molecule is CC(=O)c1ccc2c(c1)S(=O)(=O)NC(C(=O)NCC(c1ccccc1)c1ncco1)=N2. The standard InChI is InChI=1S/C21H18N4O5S/c1-13(26)15-7-8-17-18(11-15)31(28,29)25-19(24-17)20(27)23-12-16(21-22-9-10-30-21)14-5-3-2-4-6-14/h2-11,16H,12H2,1H3,(H,23,27)(H,24,25). The Morgan fingerprint density at radius 2 is 1.94 bits per heavy atom. The lowest BCUT2D eigenvalue weighted by atomic mass is 9.99. The molecule has 1 unspecified atom stereocenters. The van der Waals surface area contributed by atoms with Gasteiger partial charge in [-0.25, -0.2) is 18.4 Å². The Morgan fingerprint density at radius 3 is 2.61 bits per heavy atom. The first kappa shape index (κ1) is 20.5. The van der Waals surface area contributed by atoms with Gasteiger partial charge in [0.2, 0.25) is 11.7 Å². The summed E-state index contributed by atoms with van der Waals surface area (Å²) in [5.41, 5.74) is 1.20. The number of aliphatic imine (C=N–C) groups is 1. The van der Waals surface area contributed by atoms with Gasteiger partial charge in [0.15, 0.2) is 5.78 Å². The molecule has 2 N–H and O–H groups in total. The van der Waals surface area contributed by atoms with Gasteiger partial charge in [0, 0.05) is 12.1 Å². The summed E-state index contributed by atoms with van der Waals surface area (Å²) < 4.78 is 32.8. The Bertz CT molecular complexity index is 1270. The number of ketones is 1. The van der Waals surface area contributed by atoms with E-state index in [9.17, 15) is 18.0 Å². The van der Waals surface area contributed by atoms with Gasteiger partial charge < -0.3 is 9.73 Å². The number of nitrogens with zero attached hydrogens (tertiary/aromatic N) is 2. The first-order valence-electron chi connectivity index (χ1n) is 9.34. The topological polar surface area (TPSA) is 131 Å². The highest BCUT2D eigenvalue weighted by atomic mass is 32.2. The van der Waals surface area contributed by atoms with E-state index in [1.54, 1.807) is 0 Å². The second-order valence-electron chi connectivity index (χ2n) is 6.85. The lowest BCUT2D eigenvalue weighted by Gasteiger charge is -2.19. The minimum Gasteiger partial charge on any atom is -0.448 e. The molecule has 0 bridgehead atoms. The first-order valence-corrected chi connectivity index (χ1v) is 10.8. The number of oxazole rings is 1. The zero-order chi connectivity index (χ0) is 22.0. The van der Waals surface area contributed by atoms with Gasteiger partial charge in [-0.2, -0.15) is 0 Å². The number of nitrogens with one attached hydrogen (secondary N) is 2. The lowest BCUT2D eigenvalue weighted by molar-refractivity contribution is -0.115. The number of sulfonamides is 1. The number of carbonyl (C=O) groups is 2. The fourth-order valence-electron chi connectivity index (χ4n) is 3.18. The quantitative estimate of drug-likeness (QED) is 0.567. The Balaban J connectivity index is 1.58. The molecule has 0 fully saturated rings. The van der Waals surface area contributed by atoms with E-state index in [-0.39, 0.29) is 40.2 Å². The summed E-state index contributed by atoms with van der Waals surface area (Å²) in [6, 6.07) is 13.5. The van der Waals surface area contributed by atoms with Crippen molar-refractivity contribution in [1.29, 1.82) is 0 Å². The number of fused-ring (bicyclic) bond motifs is 1. The van der Waals surface area contributed by atoms with E-state index >= 15 is 0 Å². The van der Waals surface area contributed by atoms with Crippen molar-refractivity contribution < 1.29 is 22.4 Å². The fourth-order valence-corrected chi connectivity index (χ4v) is 4.36. The van der Waals surface area contributed by atoms with Crippen LogP contribution in [0, 0.1) is 0 Å². The molecule has 1 aliphatic heterocycles. The summed E-state index contributed by atoms with van der Waals surface area (Å²) in [6.07, 6.45) is 2.96. The smallest absolute Gasteiger partial charge is 0.287 e. The maximum atomic E-state index is 12.7. The molecule has 1 aliphatic rings. The van der Waals surface area contributed by atoms with E-state index in [0.717, 1.165) is 5.56 Å². The van der Waals surface area contributed by atoms with Crippen LogP contribution in [0.4, 0.5) is 5.69 Å². The van der Waals surface area contributed by atoms with Crippen molar-refractivity contribution in [3.63, 3.8) is 0 Å². The second kappa shape index (κ2) is 8.15. The Morgan fingerprint density at radius 1 is 1.16 bits per heavy atom. The van der Waals surface area contributed by atoms with Crippen molar-refractivity contribution in [2.75, 3.05) is 6.54 Å². The molecule has 0 saturated carbocycles. The summed E-state index contributed by atoms with van der Waals surface area (Å²) in [7, 11) is -4.05. The molecule has 1 amide bonds. The number of benzene rings is 2. The predicted octanol–water partition coefficient (Wildman–Crippen LogP) is 2.15. The van der Waals surface area contributed by atoms with Crippen molar-refractivity contribution in [2.24, 2.45) is 4.99 Å². The molecule has 0 radical (unpaired) electrons. The maximum Gasteiger partial charge on any atom is 0.287 e. The molecule has 31 heavy (non-hydrogen) atoms. The van der Waals surface area contributed by atoms with E-state index < -0.39 is 15.9 Å². The summed E-state index contributed by atoms with van der Waals surface area (Å²) in [5, 5.41) is 2.69. The third kappa shape index (κ3) is 4.24. The van der Waals surface area contributed by atoms with Crippen LogP contribution < -0.4 is 10.0 Å². The second-order valence-corrected chi connectivity index (χ2v) is 8.50. The average Bonchev–Trinajstić information content (AvgIpc) is 3.28. The van der Waals surface area contributed by atoms with Crippen LogP contribution in [-0.2, 0) is 14.8 Å². The molecule has 158 valence electrons. The van der Waals surface area contributed by atoms with Crippen LogP contribution >= 0.6 is 0 Å². The third-order valence-corrected chi connectivity index (χ3v) is 6.12. The highest BCUT2D eigenvalue weighted by Crippen LogP contribution is 2.29. The Labute approximate surface area is 178 Å². The summed E-state index contributed by atoms with van der Waals surface area (Å²) in [5.74, 6) is -1.28. The minimum absolute atomic E-state index is 0.0845. The number of carbonyl (C=O) groups excluding carboxylic acids is 2. The van der Waals surface area contributed by atoms with Gasteiger partial charge in [-0.05, 0) is 30.7 Å². The molecule has 0 spiro atoms. The Hall–Kier alpha value is -3.79. The number of amidine groups is 1. The van der Waals surface area contributed by atoms with Gasteiger partial charge in [-0.15, -0.1) is 0 Å². The molecule has 1 atom stereocenters. The third-order valence-electron chi connectivity index (χ3n) is 4.75. The van der Waals surface area contributed by atoms with Gasteiger partial charge in [-0.1, -0.05) is 30.3 Å². The summed E-state index contributed by atoms with van der Waals surface area (Å²) in [6.45, 7) is 1.45. The molecule has 2 heterocycles. The van der Waals surface area contributed by atoms with Crippen LogP contribution in [-0.4, -0.2) is 37.5 Å². The fraction of sp³-hybridized carbons (Fsp3) is 0.143. The molecule has 9 nitrogen and oxygen atoms in total. The normalized spacial score (nSPS) is 15.2. The number of amides is 1. The highest BCUT2D eigenvalue weighted by molar-refractivity contribution is 7.90. The molecular weight excluding hydrogens is 420 g/mol. The molecule has 3 aromatic rings. The van der Waals surface area contributed by atoms with E-state index in [4.69, 9.17) is 4.42 Å². The zero-order valence-corrected chi connectivity index (χ0v) is 17.2. The zero-order valence-electron chi connectivity index (χ0n) is 16.4. The van der Waals surface area contributed by atoms with E-state index in [2.05, 4.69) is 20.0 Å².